The fraction of sp³-hybridized carbons (Fsp3) is 0.0270. The van der Waals surface area contributed by atoms with Crippen LogP contribution in [0.25, 0.3) is 127 Å². The van der Waals surface area contributed by atoms with Crippen LogP contribution in [0.15, 0.2) is 285 Å². The van der Waals surface area contributed by atoms with Gasteiger partial charge in [0.1, 0.15) is 12.5 Å². The van der Waals surface area contributed by atoms with Gasteiger partial charge in [0.15, 0.2) is 0 Å². The zero-order valence-electron chi connectivity index (χ0n) is 43.7. The highest BCUT2D eigenvalue weighted by molar-refractivity contribution is 6.15. The van der Waals surface area contributed by atoms with Gasteiger partial charge in [0.05, 0.1) is 33.1 Å². The molecule has 3 aromatic heterocycles. The summed E-state index contributed by atoms with van der Waals surface area (Å²) in [5.41, 5.74) is 34.3. The zero-order chi connectivity index (χ0) is 53.3. The number of hydrogen-bond acceptors (Lipinski definition) is 3. The van der Waals surface area contributed by atoms with Crippen molar-refractivity contribution in [1.29, 1.82) is 0 Å². The third-order valence-corrected chi connectivity index (χ3v) is 16.1. The average Bonchev–Trinajstić information content (AvgIpc) is 4.38. The maximum Gasteiger partial charge on any atom is 0.134 e. The minimum Gasteiger partial charge on any atom is -0.337 e. The monoisotopic (exact) mass is 1030 g/mol. The highest BCUT2D eigenvalue weighted by Gasteiger charge is 2.21. The highest BCUT2D eigenvalue weighted by atomic mass is 16.5. The third-order valence-electron chi connectivity index (χ3n) is 16.1. The van der Waals surface area contributed by atoms with Crippen LogP contribution in [0.5, 0.6) is 0 Å². The number of aromatic nitrogens is 3. The molecule has 0 aliphatic carbocycles. The SMILES string of the molecule is NC(OC(N)c1ccc(-n2c3ccc(-c4ccccc4)cc3c3cc(-c4ccc5c(c4)c4cc(-c6ccccc6)ccc4n5-c4ccc5c(c4)c4cc(-c6ccccc6)ccc4n5-c4ccccc4)ccc32)cc1)c1ccccc1. The first-order chi connectivity index (χ1) is 39.5. The molecule has 6 nitrogen and oxygen atoms in total. The second kappa shape index (κ2) is 19.4. The molecule has 380 valence electrons. The normalized spacial score (nSPS) is 12.6. The Labute approximate surface area is 463 Å². The van der Waals surface area contributed by atoms with Crippen LogP contribution in [0.3, 0.4) is 0 Å². The van der Waals surface area contributed by atoms with E-state index < -0.39 is 12.5 Å². The lowest BCUT2D eigenvalue weighted by atomic mass is 9.98. The number of benzene rings is 12. The number of nitrogens with two attached hydrogens (primary N) is 2. The van der Waals surface area contributed by atoms with Crippen molar-refractivity contribution in [2.24, 2.45) is 11.5 Å². The molecule has 0 bridgehead atoms. The maximum absolute atomic E-state index is 6.62. The van der Waals surface area contributed by atoms with Gasteiger partial charge in [0, 0.05) is 49.4 Å². The molecule has 2 atom stereocenters. The lowest BCUT2D eigenvalue weighted by molar-refractivity contribution is -0.00831. The Hall–Kier alpha value is -10.1. The molecule has 0 aliphatic rings. The van der Waals surface area contributed by atoms with Crippen molar-refractivity contribution in [2.75, 3.05) is 0 Å². The molecule has 4 N–H and O–H groups in total. The molecule has 15 aromatic rings. The molecule has 12 aromatic carbocycles. The number of hydrogen-bond donors (Lipinski definition) is 2. The molecular weight excluding hydrogens is 975 g/mol. The van der Waals surface area contributed by atoms with Crippen molar-refractivity contribution in [1.82, 2.24) is 13.7 Å². The first-order valence-corrected chi connectivity index (χ1v) is 27.3. The summed E-state index contributed by atoms with van der Waals surface area (Å²) in [7, 11) is 0. The second-order valence-corrected chi connectivity index (χ2v) is 20.8. The molecule has 0 radical (unpaired) electrons. The van der Waals surface area contributed by atoms with E-state index in [1.165, 1.54) is 71.2 Å². The van der Waals surface area contributed by atoms with E-state index in [1.807, 2.05) is 42.5 Å². The Balaban J connectivity index is 0.885. The largest absolute Gasteiger partial charge is 0.337 e. The topological polar surface area (TPSA) is 76.1 Å². The fourth-order valence-corrected chi connectivity index (χ4v) is 12.2. The summed E-state index contributed by atoms with van der Waals surface area (Å²) >= 11 is 0. The summed E-state index contributed by atoms with van der Waals surface area (Å²) in [6, 6.07) is 102. The van der Waals surface area contributed by atoms with Crippen molar-refractivity contribution < 1.29 is 4.74 Å². The van der Waals surface area contributed by atoms with Crippen molar-refractivity contribution in [2.45, 2.75) is 12.5 Å². The smallest absolute Gasteiger partial charge is 0.134 e. The van der Waals surface area contributed by atoms with Crippen LogP contribution in [-0.4, -0.2) is 13.7 Å². The van der Waals surface area contributed by atoms with Crippen LogP contribution < -0.4 is 11.5 Å². The summed E-state index contributed by atoms with van der Waals surface area (Å²) in [6.07, 6.45) is -1.34. The van der Waals surface area contributed by atoms with E-state index in [-0.39, 0.29) is 0 Å². The lowest BCUT2D eigenvalue weighted by Crippen LogP contribution is -2.23. The average molecular weight is 1030 g/mol. The molecule has 6 heteroatoms. The van der Waals surface area contributed by atoms with E-state index in [9.17, 15) is 0 Å². The van der Waals surface area contributed by atoms with Crippen molar-refractivity contribution in [3.63, 3.8) is 0 Å². The van der Waals surface area contributed by atoms with Gasteiger partial charge >= 0.3 is 0 Å². The quantitative estimate of drug-likeness (QED) is 0.127. The highest BCUT2D eigenvalue weighted by Crippen LogP contribution is 2.43. The number of para-hydroxylation sites is 1. The van der Waals surface area contributed by atoms with E-state index in [1.54, 1.807) is 0 Å². The molecule has 0 fully saturated rings. The minimum atomic E-state index is -0.699. The molecule has 80 heavy (non-hydrogen) atoms. The van der Waals surface area contributed by atoms with Crippen LogP contribution in [0, 0.1) is 0 Å². The van der Waals surface area contributed by atoms with Gasteiger partial charge in [-0.3, -0.25) is 0 Å². The van der Waals surface area contributed by atoms with Crippen molar-refractivity contribution in [3.05, 3.63) is 296 Å². The molecule has 0 saturated heterocycles. The standard InChI is InChI=1S/C74H53N5O/c75-73(51-22-12-4-13-23-51)80-74(76)52-26-33-59(34-27-52)78-67-36-28-53(48-16-6-1-7-17-48)42-61(67)63-45-56(31-39-68(63)78)57-32-40-71-64(46-57)62-43-54(49-18-8-2-9-19-49)30-38-70(62)79(71)60-35-41-72-66(47-60)65-44-55(50-20-10-3-11-21-50)29-37-69(65)77(72)58-24-14-5-15-25-58/h1-47,73-74H,75-76H2. The van der Waals surface area contributed by atoms with Crippen LogP contribution in [-0.2, 0) is 4.74 Å². The number of nitrogens with zero attached hydrogens (tertiary/aromatic N) is 3. The van der Waals surface area contributed by atoms with E-state index in [4.69, 9.17) is 16.2 Å². The molecular formula is C74H53N5O. The van der Waals surface area contributed by atoms with Gasteiger partial charge in [-0.25, -0.2) is 0 Å². The molecule has 2 unspecified atom stereocenters. The molecule has 0 aliphatic heterocycles. The summed E-state index contributed by atoms with van der Waals surface area (Å²) in [5, 5.41) is 7.14. The van der Waals surface area contributed by atoms with E-state index >= 15 is 0 Å². The van der Waals surface area contributed by atoms with Gasteiger partial charge in [-0.2, -0.15) is 0 Å². The minimum absolute atomic E-state index is 0.646. The van der Waals surface area contributed by atoms with Gasteiger partial charge < -0.3 is 29.9 Å². The summed E-state index contributed by atoms with van der Waals surface area (Å²) < 4.78 is 13.3. The summed E-state index contributed by atoms with van der Waals surface area (Å²) in [5.74, 6) is 0. The molecule has 0 amide bonds. The predicted molar refractivity (Wildman–Crippen MR) is 333 cm³/mol. The van der Waals surface area contributed by atoms with Crippen molar-refractivity contribution >= 4 is 65.4 Å². The van der Waals surface area contributed by atoms with Crippen molar-refractivity contribution in [3.8, 4) is 61.6 Å². The number of fused-ring (bicyclic) bond motifs is 9. The molecule has 15 rings (SSSR count). The van der Waals surface area contributed by atoms with Gasteiger partial charge in [-0.15, -0.1) is 0 Å². The molecule has 0 saturated carbocycles. The van der Waals surface area contributed by atoms with E-state index in [0.717, 1.165) is 66.9 Å². The number of rotatable bonds is 11. The summed E-state index contributed by atoms with van der Waals surface area (Å²) in [4.78, 5) is 0. The van der Waals surface area contributed by atoms with Crippen LogP contribution >= 0.6 is 0 Å². The van der Waals surface area contributed by atoms with Crippen LogP contribution in [0.1, 0.15) is 23.6 Å². The van der Waals surface area contributed by atoms with Gasteiger partial charge in [-0.05, 0) is 159 Å². The Kier molecular flexibility index (Phi) is 11.5. The van der Waals surface area contributed by atoms with Gasteiger partial charge in [-0.1, -0.05) is 182 Å². The van der Waals surface area contributed by atoms with Gasteiger partial charge in [0.25, 0.3) is 0 Å². The third kappa shape index (κ3) is 8.09. The predicted octanol–water partition coefficient (Wildman–Crippen LogP) is 18.3. The summed E-state index contributed by atoms with van der Waals surface area (Å²) in [6.45, 7) is 0. The molecule has 3 heterocycles. The maximum atomic E-state index is 6.62. The number of ether oxygens (including phenoxy) is 1. The van der Waals surface area contributed by atoms with E-state index in [0.29, 0.717) is 0 Å². The fourth-order valence-electron chi connectivity index (χ4n) is 12.2. The first-order valence-electron chi connectivity index (χ1n) is 27.3. The lowest BCUT2D eigenvalue weighted by Gasteiger charge is -2.20. The Bertz CT molecular complexity index is 4800. The van der Waals surface area contributed by atoms with Crippen LogP contribution in [0.4, 0.5) is 0 Å². The molecule has 0 spiro atoms. The van der Waals surface area contributed by atoms with Gasteiger partial charge in [0.2, 0.25) is 0 Å². The Morgan fingerprint density at radius 3 is 0.863 bits per heavy atom. The first kappa shape index (κ1) is 47.2. The van der Waals surface area contributed by atoms with E-state index in [2.05, 4.69) is 256 Å². The zero-order valence-corrected chi connectivity index (χ0v) is 43.7. The van der Waals surface area contributed by atoms with Crippen LogP contribution in [0.2, 0.25) is 0 Å². The Morgan fingerprint density at radius 2 is 0.487 bits per heavy atom. The second-order valence-electron chi connectivity index (χ2n) is 20.8. The Morgan fingerprint density at radius 1 is 0.225 bits per heavy atom.